The lowest BCUT2D eigenvalue weighted by Crippen LogP contribution is -2.35. The van der Waals surface area contributed by atoms with Crippen LogP contribution in [0.5, 0.6) is 0 Å². The van der Waals surface area contributed by atoms with E-state index in [1.54, 1.807) is 7.11 Å². The first-order valence-electron chi connectivity index (χ1n) is 7.57. The lowest BCUT2D eigenvalue weighted by atomic mass is 9.91. The molecule has 120 valence electrons. The highest BCUT2D eigenvalue weighted by Gasteiger charge is 2.25. The predicted octanol–water partition coefficient (Wildman–Crippen LogP) is 1.73. The summed E-state index contributed by atoms with van der Waals surface area (Å²) in [6, 6.07) is 0.966. The van der Waals surface area contributed by atoms with Gasteiger partial charge in [-0.25, -0.2) is 14.6 Å². The van der Waals surface area contributed by atoms with Gasteiger partial charge in [0.2, 0.25) is 0 Å². The van der Waals surface area contributed by atoms with Gasteiger partial charge >= 0.3 is 0 Å². The maximum atomic E-state index is 5.96. The summed E-state index contributed by atoms with van der Waals surface area (Å²) < 4.78 is 8.00. The average Bonchev–Trinajstić information content (AvgIpc) is 2.87. The normalized spacial score (nSPS) is 22.3. The molecule has 3 N–H and O–H groups in total. The van der Waals surface area contributed by atoms with Crippen LogP contribution in [-0.2, 0) is 4.74 Å². The molecule has 2 aromatic heterocycles. The zero-order valence-electron chi connectivity index (χ0n) is 12.6. The van der Waals surface area contributed by atoms with Gasteiger partial charge in [0.05, 0.1) is 18.0 Å². The molecule has 3 rings (SSSR count). The maximum Gasteiger partial charge on any atom is 0.164 e. The van der Waals surface area contributed by atoms with Crippen LogP contribution in [0.15, 0.2) is 6.33 Å². The molecule has 0 unspecified atom stereocenters. The zero-order valence-corrected chi connectivity index (χ0v) is 14.8. The van der Waals surface area contributed by atoms with E-state index in [4.69, 9.17) is 10.5 Å². The molecule has 1 fully saturated rings. The number of rotatable bonds is 5. The topological polar surface area (TPSA) is 90.9 Å². The highest BCUT2D eigenvalue weighted by Crippen LogP contribution is 2.32. The molecule has 8 heteroatoms. The molecule has 0 radical (unpaired) electrons. The maximum absolute atomic E-state index is 5.96. The van der Waals surface area contributed by atoms with E-state index < -0.39 is 0 Å². The third-order valence-electron chi connectivity index (χ3n) is 4.26. The SMILES string of the molecule is COCCNC1CCC(n2nc(I)c3c(N)ncnc32)CC1. The number of aromatic nitrogens is 4. The van der Waals surface area contributed by atoms with Crippen molar-refractivity contribution in [2.45, 2.75) is 37.8 Å². The van der Waals surface area contributed by atoms with Gasteiger partial charge in [-0.2, -0.15) is 5.10 Å². The van der Waals surface area contributed by atoms with Crippen LogP contribution in [0.25, 0.3) is 11.0 Å². The van der Waals surface area contributed by atoms with Gasteiger partial charge in [0.1, 0.15) is 15.8 Å². The molecular weight excluding hydrogens is 395 g/mol. The lowest BCUT2D eigenvalue weighted by Gasteiger charge is -2.29. The van der Waals surface area contributed by atoms with E-state index in [1.165, 1.54) is 6.33 Å². The van der Waals surface area contributed by atoms with Crippen molar-refractivity contribution in [1.29, 1.82) is 0 Å². The fourth-order valence-electron chi connectivity index (χ4n) is 3.10. The number of nitrogens with one attached hydrogen (secondary N) is 1. The summed E-state index contributed by atoms with van der Waals surface area (Å²) in [5.74, 6) is 0.510. The molecule has 2 aromatic rings. The van der Waals surface area contributed by atoms with Crippen molar-refractivity contribution in [2.24, 2.45) is 0 Å². The van der Waals surface area contributed by atoms with E-state index in [0.29, 0.717) is 17.9 Å². The molecule has 22 heavy (non-hydrogen) atoms. The van der Waals surface area contributed by atoms with Gasteiger partial charge in [-0.3, -0.25) is 0 Å². The Bertz CT molecular complexity index is 638. The van der Waals surface area contributed by atoms with Gasteiger partial charge in [0.15, 0.2) is 5.65 Å². The van der Waals surface area contributed by atoms with Crippen LogP contribution in [0.3, 0.4) is 0 Å². The van der Waals surface area contributed by atoms with Gasteiger partial charge in [-0.05, 0) is 48.3 Å². The Morgan fingerprint density at radius 1 is 1.36 bits per heavy atom. The van der Waals surface area contributed by atoms with E-state index in [-0.39, 0.29) is 0 Å². The number of anilines is 1. The second kappa shape index (κ2) is 7.05. The molecule has 1 aliphatic carbocycles. The number of fused-ring (bicyclic) bond motifs is 1. The molecule has 0 spiro atoms. The van der Waals surface area contributed by atoms with E-state index in [1.807, 2.05) is 4.68 Å². The van der Waals surface area contributed by atoms with Crippen LogP contribution < -0.4 is 11.1 Å². The number of hydrogen-bond acceptors (Lipinski definition) is 6. The third kappa shape index (κ3) is 3.18. The molecule has 1 aliphatic rings. The highest BCUT2D eigenvalue weighted by atomic mass is 127. The van der Waals surface area contributed by atoms with Crippen LogP contribution >= 0.6 is 22.6 Å². The summed E-state index contributed by atoms with van der Waals surface area (Å²) in [5, 5.41) is 9.08. The van der Waals surface area contributed by atoms with Crippen LogP contribution in [0.4, 0.5) is 5.82 Å². The van der Waals surface area contributed by atoms with E-state index >= 15 is 0 Å². The molecule has 0 amide bonds. The summed E-state index contributed by atoms with van der Waals surface area (Å²) in [6.07, 6.45) is 6.01. The number of hydrogen-bond donors (Lipinski definition) is 2. The van der Waals surface area contributed by atoms with Gasteiger partial charge in [0.25, 0.3) is 0 Å². The van der Waals surface area contributed by atoms with Crippen molar-refractivity contribution in [2.75, 3.05) is 26.0 Å². The minimum atomic E-state index is 0.390. The minimum Gasteiger partial charge on any atom is -0.383 e. The Labute approximate surface area is 143 Å². The molecule has 0 aliphatic heterocycles. The molecule has 0 saturated heterocycles. The quantitative estimate of drug-likeness (QED) is 0.570. The molecule has 0 bridgehead atoms. The number of nitrogen functional groups attached to an aromatic ring is 1. The monoisotopic (exact) mass is 416 g/mol. The summed E-state index contributed by atoms with van der Waals surface area (Å²) in [5.41, 5.74) is 6.81. The van der Waals surface area contributed by atoms with Crippen molar-refractivity contribution >= 4 is 39.4 Å². The largest absolute Gasteiger partial charge is 0.383 e. The van der Waals surface area contributed by atoms with Crippen molar-refractivity contribution in [3.05, 3.63) is 10.0 Å². The number of ether oxygens (including phenoxy) is 1. The second-order valence-electron chi connectivity index (χ2n) is 5.65. The fourth-order valence-corrected chi connectivity index (χ4v) is 3.85. The van der Waals surface area contributed by atoms with Crippen LogP contribution in [0, 0.1) is 3.70 Å². The van der Waals surface area contributed by atoms with Crippen molar-refractivity contribution < 1.29 is 4.74 Å². The zero-order chi connectivity index (χ0) is 15.5. The van der Waals surface area contributed by atoms with Crippen molar-refractivity contribution in [1.82, 2.24) is 25.1 Å². The summed E-state index contributed by atoms with van der Waals surface area (Å²) in [4.78, 5) is 8.46. The Hall–Kier alpha value is -1.00. The number of nitrogens with two attached hydrogens (primary N) is 1. The fraction of sp³-hybridized carbons (Fsp3) is 0.643. The molecule has 0 atom stereocenters. The van der Waals surface area contributed by atoms with Crippen LogP contribution in [0.2, 0.25) is 0 Å². The Morgan fingerprint density at radius 2 is 2.14 bits per heavy atom. The van der Waals surface area contributed by atoms with E-state index in [9.17, 15) is 0 Å². The smallest absolute Gasteiger partial charge is 0.164 e. The Kier molecular flexibility index (Phi) is 5.09. The van der Waals surface area contributed by atoms with Crippen LogP contribution in [-0.4, -0.2) is 46.1 Å². The third-order valence-corrected chi connectivity index (χ3v) is 5.01. The predicted molar refractivity (Wildman–Crippen MR) is 93.6 cm³/mol. The first-order chi connectivity index (χ1) is 10.7. The van der Waals surface area contributed by atoms with Crippen LogP contribution in [0.1, 0.15) is 31.7 Å². The van der Waals surface area contributed by atoms with E-state index in [2.05, 4.69) is 43.0 Å². The highest BCUT2D eigenvalue weighted by molar-refractivity contribution is 14.1. The summed E-state index contributed by atoms with van der Waals surface area (Å²) in [7, 11) is 1.73. The lowest BCUT2D eigenvalue weighted by molar-refractivity contribution is 0.188. The molecule has 7 nitrogen and oxygen atoms in total. The van der Waals surface area contributed by atoms with Gasteiger partial charge in [0, 0.05) is 19.7 Å². The number of halogens is 1. The minimum absolute atomic E-state index is 0.390. The van der Waals surface area contributed by atoms with Crippen molar-refractivity contribution in [3.8, 4) is 0 Å². The summed E-state index contributed by atoms with van der Waals surface area (Å²) in [6.45, 7) is 1.68. The average molecular weight is 416 g/mol. The standard InChI is InChI=1S/C14H21IN6O/c1-22-7-6-17-9-2-4-10(5-3-9)21-14-11(12(15)20-21)13(16)18-8-19-14/h8-10,17H,2-7H2,1H3,(H2,16,18,19). The second-order valence-corrected chi connectivity index (χ2v) is 6.67. The number of nitrogens with zero attached hydrogens (tertiary/aromatic N) is 4. The van der Waals surface area contributed by atoms with Gasteiger partial charge in [-0.1, -0.05) is 0 Å². The van der Waals surface area contributed by atoms with Gasteiger partial charge < -0.3 is 15.8 Å². The van der Waals surface area contributed by atoms with Gasteiger partial charge in [-0.15, -0.1) is 0 Å². The first-order valence-corrected chi connectivity index (χ1v) is 8.65. The molecular formula is C14H21IN6O. The Balaban J connectivity index is 1.70. The van der Waals surface area contributed by atoms with E-state index in [0.717, 1.165) is 53.6 Å². The van der Waals surface area contributed by atoms with Crippen molar-refractivity contribution in [3.63, 3.8) is 0 Å². The Morgan fingerprint density at radius 3 is 2.86 bits per heavy atom. The number of methoxy groups -OCH3 is 1. The molecule has 2 heterocycles. The molecule has 1 saturated carbocycles. The molecule has 0 aromatic carbocycles. The first kappa shape index (κ1) is 15.9. The summed E-state index contributed by atoms with van der Waals surface area (Å²) >= 11 is 2.21.